The van der Waals surface area contributed by atoms with Crippen LogP contribution in [-0.4, -0.2) is 36.0 Å². The Kier molecular flexibility index (Phi) is 5.35. The maximum atomic E-state index is 12.3. The monoisotopic (exact) mass is 357 g/mol. The first-order chi connectivity index (χ1) is 12.5. The number of carbonyl (C=O) groups is 1. The number of benzene rings is 1. The van der Waals surface area contributed by atoms with Crippen LogP contribution in [0.3, 0.4) is 0 Å². The molecule has 0 saturated carbocycles. The number of aryl methyl sites for hydroxylation is 2. The Bertz CT molecular complexity index is 799. The smallest absolute Gasteiger partial charge is 0.319 e. The molecule has 2 heterocycles. The van der Waals surface area contributed by atoms with Crippen LogP contribution in [0, 0.1) is 0 Å². The van der Waals surface area contributed by atoms with E-state index in [1.807, 2.05) is 37.0 Å². The van der Waals surface area contributed by atoms with Gasteiger partial charge in [0.15, 0.2) is 0 Å². The van der Waals surface area contributed by atoms with Gasteiger partial charge in [0, 0.05) is 37.6 Å². The molecule has 7 heteroatoms. The molecule has 140 valence electrons. The lowest BCUT2D eigenvalue weighted by atomic mass is 10.1. The van der Waals surface area contributed by atoms with E-state index in [1.54, 1.807) is 0 Å². The summed E-state index contributed by atoms with van der Waals surface area (Å²) < 4.78 is 7.54. The normalized spacial score (nSPS) is 13.2. The molecule has 1 aliphatic heterocycles. The van der Waals surface area contributed by atoms with E-state index in [1.165, 1.54) is 0 Å². The molecule has 0 bridgehead atoms. The SMILES string of the molecule is CCc1nn(C)c(CC)c1CNC(=O)Nc1ccc2c(c1)N(C)CCO2. The van der Waals surface area contributed by atoms with Gasteiger partial charge in [-0.25, -0.2) is 4.79 Å². The minimum absolute atomic E-state index is 0.225. The van der Waals surface area contributed by atoms with E-state index in [-0.39, 0.29) is 6.03 Å². The molecule has 0 atom stereocenters. The first kappa shape index (κ1) is 18.1. The minimum atomic E-state index is -0.225. The van der Waals surface area contributed by atoms with Crippen molar-refractivity contribution in [2.75, 3.05) is 30.4 Å². The van der Waals surface area contributed by atoms with Gasteiger partial charge in [-0.15, -0.1) is 0 Å². The maximum Gasteiger partial charge on any atom is 0.319 e. The molecule has 2 N–H and O–H groups in total. The third-order valence-electron chi connectivity index (χ3n) is 4.77. The molecule has 0 saturated heterocycles. The van der Waals surface area contributed by atoms with Crippen LogP contribution in [0.5, 0.6) is 5.75 Å². The topological polar surface area (TPSA) is 71.4 Å². The lowest BCUT2D eigenvalue weighted by molar-refractivity contribution is 0.251. The van der Waals surface area contributed by atoms with Gasteiger partial charge in [-0.05, 0) is 31.0 Å². The molecule has 2 aromatic rings. The Labute approximate surface area is 154 Å². The number of hydrogen-bond acceptors (Lipinski definition) is 4. The number of carbonyl (C=O) groups excluding carboxylic acids is 1. The van der Waals surface area contributed by atoms with Crippen molar-refractivity contribution >= 4 is 17.4 Å². The van der Waals surface area contributed by atoms with Crippen molar-refractivity contribution in [3.05, 3.63) is 35.2 Å². The highest BCUT2D eigenvalue weighted by atomic mass is 16.5. The molecule has 0 radical (unpaired) electrons. The highest BCUT2D eigenvalue weighted by molar-refractivity contribution is 5.90. The zero-order valence-corrected chi connectivity index (χ0v) is 15.9. The van der Waals surface area contributed by atoms with Gasteiger partial charge in [-0.2, -0.15) is 5.10 Å². The molecule has 0 unspecified atom stereocenters. The van der Waals surface area contributed by atoms with E-state index in [2.05, 4.69) is 34.5 Å². The molecule has 0 aliphatic carbocycles. The fourth-order valence-electron chi connectivity index (χ4n) is 3.37. The highest BCUT2D eigenvalue weighted by Crippen LogP contribution is 2.33. The number of ether oxygens (including phenoxy) is 1. The lowest BCUT2D eigenvalue weighted by Gasteiger charge is -2.28. The van der Waals surface area contributed by atoms with Crippen LogP contribution >= 0.6 is 0 Å². The molecule has 3 rings (SSSR count). The van der Waals surface area contributed by atoms with E-state index in [0.717, 1.165) is 53.5 Å². The largest absolute Gasteiger partial charge is 0.490 e. The van der Waals surface area contributed by atoms with Gasteiger partial charge in [0.05, 0.1) is 17.9 Å². The van der Waals surface area contributed by atoms with Gasteiger partial charge in [0.1, 0.15) is 12.4 Å². The fraction of sp³-hybridized carbons (Fsp3) is 0.474. The molecule has 26 heavy (non-hydrogen) atoms. The molecule has 0 fully saturated rings. The summed E-state index contributed by atoms with van der Waals surface area (Å²) in [7, 11) is 3.97. The maximum absolute atomic E-state index is 12.3. The number of aromatic nitrogens is 2. The quantitative estimate of drug-likeness (QED) is 0.863. The number of likely N-dealkylation sites (N-methyl/N-ethyl adjacent to an activating group) is 1. The van der Waals surface area contributed by atoms with Gasteiger partial charge in [-0.3, -0.25) is 4.68 Å². The Morgan fingerprint density at radius 2 is 2.08 bits per heavy atom. The van der Waals surface area contributed by atoms with Crippen LogP contribution in [0.2, 0.25) is 0 Å². The van der Waals surface area contributed by atoms with Crippen LogP contribution in [0.1, 0.15) is 30.8 Å². The third-order valence-corrected chi connectivity index (χ3v) is 4.77. The highest BCUT2D eigenvalue weighted by Gasteiger charge is 2.17. The number of fused-ring (bicyclic) bond motifs is 1. The molecule has 1 aromatic heterocycles. The predicted octanol–water partition coefficient (Wildman–Crippen LogP) is 2.70. The van der Waals surface area contributed by atoms with Gasteiger partial charge >= 0.3 is 6.03 Å². The second-order valence-electron chi connectivity index (χ2n) is 6.46. The second-order valence-corrected chi connectivity index (χ2v) is 6.46. The first-order valence-corrected chi connectivity index (χ1v) is 9.09. The summed E-state index contributed by atoms with van der Waals surface area (Å²) >= 11 is 0. The van der Waals surface area contributed by atoms with Gasteiger partial charge in [-0.1, -0.05) is 13.8 Å². The zero-order valence-electron chi connectivity index (χ0n) is 15.9. The van der Waals surface area contributed by atoms with Crippen molar-refractivity contribution in [3.63, 3.8) is 0 Å². The van der Waals surface area contributed by atoms with Crippen molar-refractivity contribution in [1.82, 2.24) is 15.1 Å². The summed E-state index contributed by atoms with van der Waals surface area (Å²) in [6.07, 6.45) is 1.74. The molecule has 1 aromatic carbocycles. The van der Waals surface area contributed by atoms with Crippen LogP contribution in [0.25, 0.3) is 0 Å². The first-order valence-electron chi connectivity index (χ1n) is 9.09. The van der Waals surface area contributed by atoms with Crippen molar-refractivity contribution < 1.29 is 9.53 Å². The Balaban J connectivity index is 1.66. The van der Waals surface area contributed by atoms with Crippen molar-refractivity contribution in [2.24, 2.45) is 7.05 Å². The summed E-state index contributed by atoms with van der Waals surface area (Å²) in [6, 6.07) is 5.47. The minimum Gasteiger partial charge on any atom is -0.490 e. The lowest BCUT2D eigenvalue weighted by Crippen LogP contribution is -2.30. The van der Waals surface area contributed by atoms with Crippen LogP contribution in [0.4, 0.5) is 16.2 Å². The number of rotatable bonds is 5. The van der Waals surface area contributed by atoms with E-state index < -0.39 is 0 Å². The second kappa shape index (κ2) is 7.68. The molecule has 0 spiro atoms. The molecule has 1 aliphatic rings. The van der Waals surface area contributed by atoms with E-state index in [4.69, 9.17) is 4.74 Å². The van der Waals surface area contributed by atoms with Crippen LogP contribution < -0.4 is 20.3 Å². The van der Waals surface area contributed by atoms with Crippen molar-refractivity contribution in [1.29, 1.82) is 0 Å². The Hall–Kier alpha value is -2.70. The average Bonchev–Trinajstić information content (AvgIpc) is 2.95. The third kappa shape index (κ3) is 3.61. The van der Waals surface area contributed by atoms with E-state index in [0.29, 0.717) is 13.2 Å². The van der Waals surface area contributed by atoms with Crippen molar-refractivity contribution in [3.8, 4) is 5.75 Å². The summed E-state index contributed by atoms with van der Waals surface area (Å²) in [5, 5.41) is 10.4. The van der Waals surface area contributed by atoms with Crippen molar-refractivity contribution in [2.45, 2.75) is 33.2 Å². The Morgan fingerprint density at radius 3 is 2.81 bits per heavy atom. The average molecular weight is 357 g/mol. The number of hydrogen-bond donors (Lipinski definition) is 2. The number of nitrogens with one attached hydrogen (secondary N) is 2. The predicted molar refractivity (Wildman–Crippen MR) is 103 cm³/mol. The zero-order chi connectivity index (χ0) is 18.7. The van der Waals surface area contributed by atoms with Gasteiger partial charge in [0.2, 0.25) is 0 Å². The number of amides is 2. The number of nitrogens with zero attached hydrogens (tertiary/aromatic N) is 3. The summed E-state index contributed by atoms with van der Waals surface area (Å²) in [4.78, 5) is 14.5. The summed E-state index contributed by atoms with van der Waals surface area (Å²) in [6.45, 7) is 6.17. The number of anilines is 2. The Morgan fingerprint density at radius 1 is 1.27 bits per heavy atom. The van der Waals surface area contributed by atoms with Gasteiger partial charge in [0.25, 0.3) is 0 Å². The van der Waals surface area contributed by atoms with E-state index in [9.17, 15) is 4.79 Å². The van der Waals surface area contributed by atoms with E-state index >= 15 is 0 Å². The molecule has 7 nitrogen and oxygen atoms in total. The standard InChI is InChI=1S/C19H27N5O2/c1-5-15-14(16(6-2)24(4)22-15)12-20-19(25)21-13-7-8-18-17(11-13)23(3)9-10-26-18/h7-8,11H,5-6,9-10,12H2,1-4H3,(H2,20,21,25). The molecular formula is C19H27N5O2. The number of urea groups is 1. The fourth-order valence-corrected chi connectivity index (χ4v) is 3.37. The summed E-state index contributed by atoms with van der Waals surface area (Å²) in [5.41, 5.74) is 5.05. The van der Waals surface area contributed by atoms with Crippen LogP contribution in [-0.2, 0) is 26.4 Å². The molecular weight excluding hydrogens is 330 g/mol. The van der Waals surface area contributed by atoms with Crippen LogP contribution in [0.15, 0.2) is 18.2 Å². The summed E-state index contributed by atoms with van der Waals surface area (Å²) in [5.74, 6) is 0.847. The molecule has 2 amide bonds. The van der Waals surface area contributed by atoms with Gasteiger partial charge < -0.3 is 20.3 Å².